The summed E-state index contributed by atoms with van der Waals surface area (Å²) in [5.74, 6) is 0.761. The lowest BCUT2D eigenvalue weighted by Crippen LogP contribution is -2.40. The molecule has 35 heavy (non-hydrogen) atoms. The van der Waals surface area contributed by atoms with Crippen LogP contribution in [0.3, 0.4) is 0 Å². The van der Waals surface area contributed by atoms with E-state index in [1.807, 2.05) is 24.0 Å². The van der Waals surface area contributed by atoms with Crippen molar-refractivity contribution in [2.75, 3.05) is 13.1 Å². The molecule has 178 valence electrons. The summed E-state index contributed by atoms with van der Waals surface area (Å²) in [5, 5.41) is 0. The molecular weight excluding hydrogens is 443 g/mol. The predicted octanol–water partition coefficient (Wildman–Crippen LogP) is 4.39. The zero-order valence-electron chi connectivity index (χ0n) is 19.6. The number of likely N-dealkylation sites (tertiary alicyclic amines) is 1. The molecule has 1 fully saturated rings. The Morgan fingerprint density at radius 1 is 1.06 bits per heavy atom. The van der Waals surface area contributed by atoms with Crippen LogP contribution in [0.2, 0.25) is 0 Å². The third-order valence-corrected chi connectivity index (χ3v) is 6.36. The van der Waals surface area contributed by atoms with Gasteiger partial charge >= 0.3 is 0 Å². The molecule has 0 spiro atoms. The SMILES string of the molecule is Cc1cnc(-c2nccnc2C[C@@H]2CCCN(C(=O)c3ccc(Cc4ccc(F)cc4)nc3)C2)[nH]1. The van der Waals surface area contributed by atoms with Crippen molar-refractivity contribution in [3.05, 3.63) is 95.2 Å². The number of aromatic nitrogens is 5. The van der Waals surface area contributed by atoms with Gasteiger partial charge in [0.05, 0.1) is 11.3 Å². The number of halogens is 1. The number of carbonyl (C=O) groups excluding carboxylic acids is 1. The van der Waals surface area contributed by atoms with Gasteiger partial charge in [-0.3, -0.25) is 14.8 Å². The number of hydrogen-bond acceptors (Lipinski definition) is 5. The number of hydrogen-bond donors (Lipinski definition) is 1. The molecule has 0 saturated carbocycles. The van der Waals surface area contributed by atoms with Gasteiger partial charge in [-0.15, -0.1) is 0 Å². The molecule has 4 aromatic rings. The minimum atomic E-state index is -0.255. The van der Waals surface area contributed by atoms with Gasteiger partial charge in [-0.25, -0.2) is 14.4 Å². The van der Waals surface area contributed by atoms with Crippen molar-refractivity contribution in [3.63, 3.8) is 0 Å². The van der Waals surface area contributed by atoms with E-state index >= 15 is 0 Å². The minimum absolute atomic E-state index is 0.00318. The molecule has 0 radical (unpaired) electrons. The number of rotatable bonds is 6. The Morgan fingerprint density at radius 2 is 1.89 bits per heavy atom. The highest BCUT2D eigenvalue weighted by atomic mass is 19.1. The van der Waals surface area contributed by atoms with Crippen LogP contribution in [-0.4, -0.2) is 48.8 Å². The third-order valence-electron chi connectivity index (χ3n) is 6.36. The number of pyridine rings is 1. The third kappa shape index (κ3) is 5.42. The number of piperidine rings is 1. The van der Waals surface area contributed by atoms with E-state index in [1.165, 1.54) is 12.1 Å². The molecular formula is C27H27FN6O. The van der Waals surface area contributed by atoms with Crippen LogP contribution < -0.4 is 0 Å². The van der Waals surface area contributed by atoms with Crippen LogP contribution >= 0.6 is 0 Å². The normalized spacial score (nSPS) is 15.8. The van der Waals surface area contributed by atoms with Crippen LogP contribution in [-0.2, 0) is 12.8 Å². The Balaban J connectivity index is 1.24. The maximum absolute atomic E-state index is 13.2. The van der Waals surface area contributed by atoms with E-state index in [9.17, 15) is 9.18 Å². The number of aryl methyl sites for hydroxylation is 1. The second kappa shape index (κ2) is 10.1. The zero-order valence-corrected chi connectivity index (χ0v) is 19.6. The Hall–Kier alpha value is -3.94. The highest BCUT2D eigenvalue weighted by molar-refractivity contribution is 5.94. The van der Waals surface area contributed by atoms with Crippen molar-refractivity contribution in [3.8, 4) is 11.5 Å². The van der Waals surface area contributed by atoms with Gasteiger partial charge in [0, 0.05) is 55.7 Å². The number of nitrogens with zero attached hydrogens (tertiary/aromatic N) is 5. The van der Waals surface area contributed by atoms with E-state index in [0.29, 0.717) is 24.4 Å². The van der Waals surface area contributed by atoms with Crippen molar-refractivity contribution in [1.82, 2.24) is 29.8 Å². The van der Waals surface area contributed by atoms with Gasteiger partial charge in [0.2, 0.25) is 0 Å². The number of nitrogens with one attached hydrogen (secondary N) is 1. The second-order valence-corrected chi connectivity index (χ2v) is 9.07. The number of carbonyl (C=O) groups is 1. The van der Waals surface area contributed by atoms with Crippen LogP contribution in [0.25, 0.3) is 11.5 Å². The lowest BCUT2D eigenvalue weighted by Gasteiger charge is -2.33. The Labute approximate surface area is 203 Å². The number of H-pyrrole nitrogens is 1. The van der Waals surface area contributed by atoms with Gasteiger partial charge < -0.3 is 9.88 Å². The molecule has 4 heterocycles. The molecule has 1 atom stereocenters. The summed E-state index contributed by atoms with van der Waals surface area (Å²) in [5.41, 5.74) is 5.04. The average Bonchev–Trinajstić information content (AvgIpc) is 3.32. The summed E-state index contributed by atoms with van der Waals surface area (Å²) in [6, 6.07) is 10.1. The van der Waals surface area contributed by atoms with E-state index in [2.05, 4.69) is 24.9 Å². The van der Waals surface area contributed by atoms with Crippen molar-refractivity contribution in [2.24, 2.45) is 5.92 Å². The predicted molar refractivity (Wildman–Crippen MR) is 130 cm³/mol. The monoisotopic (exact) mass is 470 g/mol. The highest BCUT2D eigenvalue weighted by Crippen LogP contribution is 2.25. The lowest BCUT2D eigenvalue weighted by atomic mass is 9.92. The first-order valence-electron chi connectivity index (χ1n) is 11.9. The summed E-state index contributed by atoms with van der Waals surface area (Å²) in [6.07, 6.45) is 10.1. The van der Waals surface area contributed by atoms with Crippen molar-refractivity contribution in [2.45, 2.75) is 32.6 Å². The van der Waals surface area contributed by atoms with E-state index in [-0.39, 0.29) is 11.7 Å². The molecule has 3 aromatic heterocycles. The summed E-state index contributed by atoms with van der Waals surface area (Å²) in [4.78, 5) is 36.3. The van der Waals surface area contributed by atoms with E-state index < -0.39 is 0 Å². The largest absolute Gasteiger partial charge is 0.341 e. The fourth-order valence-corrected chi connectivity index (χ4v) is 4.59. The number of benzene rings is 1. The fourth-order valence-electron chi connectivity index (χ4n) is 4.59. The molecule has 1 aliphatic rings. The smallest absolute Gasteiger partial charge is 0.255 e. The maximum Gasteiger partial charge on any atom is 0.255 e. The van der Waals surface area contributed by atoms with Gasteiger partial charge in [0.1, 0.15) is 11.5 Å². The fraction of sp³-hybridized carbons (Fsp3) is 0.296. The van der Waals surface area contributed by atoms with Crippen molar-refractivity contribution in [1.29, 1.82) is 0 Å². The van der Waals surface area contributed by atoms with Crippen LogP contribution in [0.4, 0.5) is 4.39 Å². The zero-order chi connectivity index (χ0) is 24.2. The standard InChI is InChI=1S/C27H27FN6O/c1-18-15-32-26(33-18)25-24(29-10-11-30-25)14-20-3-2-12-34(17-20)27(35)21-6-9-23(31-16-21)13-19-4-7-22(28)8-5-19/h4-11,15-16,20H,2-3,12-14,17H2,1H3,(H,32,33)/t20-/m0/s1. The number of imidazole rings is 1. The van der Waals surface area contributed by atoms with Crippen LogP contribution in [0.1, 0.15) is 45.8 Å². The molecule has 0 unspecified atom stereocenters. The van der Waals surface area contributed by atoms with Gasteiger partial charge in [0.15, 0.2) is 5.82 Å². The molecule has 0 aliphatic carbocycles. The van der Waals surface area contributed by atoms with E-state index in [0.717, 1.165) is 60.0 Å². The summed E-state index contributed by atoms with van der Waals surface area (Å²) in [7, 11) is 0. The molecule has 8 heteroatoms. The molecule has 0 bridgehead atoms. The molecule has 5 rings (SSSR count). The summed E-state index contributed by atoms with van der Waals surface area (Å²) >= 11 is 0. The van der Waals surface area contributed by atoms with Crippen molar-refractivity contribution >= 4 is 5.91 Å². The first kappa shape index (κ1) is 22.8. The van der Waals surface area contributed by atoms with Crippen LogP contribution in [0.5, 0.6) is 0 Å². The lowest BCUT2D eigenvalue weighted by molar-refractivity contribution is 0.0672. The number of aromatic amines is 1. The van der Waals surface area contributed by atoms with E-state index in [1.54, 1.807) is 36.9 Å². The molecule has 1 aliphatic heterocycles. The Kier molecular flexibility index (Phi) is 6.61. The van der Waals surface area contributed by atoms with Crippen LogP contribution in [0.15, 0.2) is 61.2 Å². The summed E-state index contributed by atoms with van der Waals surface area (Å²) in [6.45, 7) is 3.36. The van der Waals surface area contributed by atoms with Gasteiger partial charge in [0.25, 0.3) is 5.91 Å². The average molecular weight is 471 g/mol. The van der Waals surface area contributed by atoms with Crippen LogP contribution in [0, 0.1) is 18.7 Å². The molecule has 1 saturated heterocycles. The highest BCUT2D eigenvalue weighted by Gasteiger charge is 2.26. The van der Waals surface area contributed by atoms with Gasteiger partial charge in [-0.2, -0.15) is 0 Å². The minimum Gasteiger partial charge on any atom is -0.341 e. The number of amides is 1. The van der Waals surface area contributed by atoms with Crippen molar-refractivity contribution < 1.29 is 9.18 Å². The second-order valence-electron chi connectivity index (χ2n) is 9.07. The molecule has 1 amide bonds. The molecule has 1 aromatic carbocycles. The quantitative estimate of drug-likeness (QED) is 0.451. The Morgan fingerprint density at radius 3 is 2.63 bits per heavy atom. The Bertz CT molecular complexity index is 1300. The van der Waals surface area contributed by atoms with Gasteiger partial charge in [-0.1, -0.05) is 12.1 Å². The first-order chi connectivity index (χ1) is 17.0. The molecule has 1 N–H and O–H groups in total. The first-order valence-corrected chi connectivity index (χ1v) is 11.9. The molecule has 7 nitrogen and oxygen atoms in total. The topological polar surface area (TPSA) is 87.7 Å². The van der Waals surface area contributed by atoms with Gasteiger partial charge in [-0.05, 0) is 61.9 Å². The maximum atomic E-state index is 13.2. The summed E-state index contributed by atoms with van der Waals surface area (Å²) < 4.78 is 13.1. The van der Waals surface area contributed by atoms with E-state index in [4.69, 9.17) is 0 Å².